The molecule has 1 unspecified atom stereocenters. The first-order chi connectivity index (χ1) is 7.66. The third-order valence-corrected chi connectivity index (χ3v) is 3.56. The van der Waals surface area contributed by atoms with Gasteiger partial charge < -0.3 is 10.6 Å². The second kappa shape index (κ2) is 4.69. The zero-order valence-corrected chi connectivity index (χ0v) is 9.91. The van der Waals surface area contributed by atoms with Gasteiger partial charge in [-0.1, -0.05) is 6.92 Å². The van der Waals surface area contributed by atoms with Gasteiger partial charge in [0.15, 0.2) is 0 Å². The van der Waals surface area contributed by atoms with E-state index in [2.05, 4.69) is 16.9 Å². The zero-order chi connectivity index (χ0) is 11.5. The molecule has 16 heavy (non-hydrogen) atoms. The lowest BCUT2D eigenvalue weighted by atomic mass is 10.3. The van der Waals surface area contributed by atoms with Crippen LogP contribution in [-0.4, -0.2) is 44.9 Å². The molecule has 0 aliphatic carbocycles. The molecule has 0 saturated carbocycles. The van der Waals surface area contributed by atoms with Crippen LogP contribution in [0.1, 0.15) is 17.4 Å². The number of rotatable bonds is 1. The summed E-state index contributed by atoms with van der Waals surface area (Å²) in [5.41, 5.74) is 5.79. The van der Waals surface area contributed by atoms with Crippen LogP contribution in [0.25, 0.3) is 0 Å². The second-order valence-electron chi connectivity index (χ2n) is 3.76. The predicted octanol–water partition coefficient (Wildman–Crippen LogP) is 0.636. The van der Waals surface area contributed by atoms with E-state index in [0.717, 1.165) is 18.8 Å². The van der Waals surface area contributed by atoms with Crippen LogP contribution in [0, 0.1) is 0 Å². The molecule has 2 rings (SSSR count). The highest BCUT2D eigenvalue weighted by Crippen LogP contribution is 2.18. The molecule has 0 aromatic carbocycles. The molecule has 1 saturated heterocycles. The molecule has 2 N–H and O–H groups in total. The Morgan fingerprint density at radius 3 is 3.00 bits per heavy atom. The molecule has 1 atom stereocenters. The first-order valence-corrected chi connectivity index (χ1v) is 6.20. The fraction of sp³-hybridized carbons (Fsp3) is 0.500. The number of carbonyl (C=O) groups excluding carboxylic acids is 1. The molecule has 0 radical (unpaired) electrons. The van der Waals surface area contributed by atoms with Crippen LogP contribution >= 0.6 is 11.8 Å². The van der Waals surface area contributed by atoms with E-state index in [1.807, 2.05) is 16.7 Å². The predicted molar refractivity (Wildman–Crippen MR) is 64.3 cm³/mol. The highest BCUT2D eigenvalue weighted by molar-refractivity contribution is 7.99. The molecule has 5 nitrogen and oxygen atoms in total. The topological polar surface area (TPSA) is 72.1 Å². The van der Waals surface area contributed by atoms with Crippen LogP contribution in [0.4, 0.5) is 5.82 Å². The van der Waals surface area contributed by atoms with E-state index in [1.54, 1.807) is 0 Å². The van der Waals surface area contributed by atoms with Gasteiger partial charge in [-0.25, -0.2) is 9.97 Å². The number of nitrogens with two attached hydrogens (primary N) is 1. The number of amides is 1. The summed E-state index contributed by atoms with van der Waals surface area (Å²) in [6.45, 7) is 3.67. The van der Waals surface area contributed by atoms with Crippen molar-refractivity contribution in [2.24, 2.45) is 0 Å². The van der Waals surface area contributed by atoms with Crippen LogP contribution in [0.5, 0.6) is 0 Å². The zero-order valence-electron chi connectivity index (χ0n) is 9.09. The van der Waals surface area contributed by atoms with Crippen molar-refractivity contribution in [1.29, 1.82) is 0 Å². The molecule has 1 aromatic heterocycles. The Kier molecular flexibility index (Phi) is 3.28. The highest BCUT2D eigenvalue weighted by Gasteiger charge is 2.23. The molecular formula is C10H14N4OS. The molecular weight excluding hydrogens is 224 g/mol. The largest absolute Gasteiger partial charge is 0.382 e. The van der Waals surface area contributed by atoms with Crippen LogP contribution < -0.4 is 5.73 Å². The standard InChI is InChI=1S/C10H14N4OS/c1-7-6-14(2-3-16-7)10(15)8-4-13-9(11)5-12-8/h4-5,7H,2-3,6H2,1H3,(H2,11,13). The summed E-state index contributed by atoms with van der Waals surface area (Å²) in [6, 6.07) is 0. The van der Waals surface area contributed by atoms with Crippen molar-refractivity contribution < 1.29 is 4.79 Å². The van der Waals surface area contributed by atoms with Gasteiger partial charge in [0.2, 0.25) is 0 Å². The minimum Gasteiger partial charge on any atom is -0.382 e. The van der Waals surface area contributed by atoms with Crippen molar-refractivity contribution in [1.82, 2.24) is 14.9 Å². The molecule has 86 valence electrons. The third-order valence-electron chi connectivity index (χ3n) is 2.42. The molecule has 1 aliphatic heterocycles. The minimum atomic E-state index is -0.0559. The minimum absolute atomic E-state index is 0.0559. The van der Waals surface area contributed by atoms with Crippen LogP contribution in [0.2, 0.25) is 0 Å². The molecule has 1 aromatic rings. The van der Waals surface area contributed by atoms with E-state index in [0.29, 0.717) is 16.8 Å². The summed E-state index contributed by atoms with van der Waals surface area (Å²) < 4.78 is 0. The maximum Gasteiger partial charge on any atom is 0.274 e. The lowest BCUT2D eigenvalue weighted by molar-refractivity contribution is 0.0757. The Balaban J connectivity index is 2.09. The van der Waals surface area contributed by atoms with Crippen LogP contribution in [-0.2, 0) is 0 Å². The SMILES string of the molecule is CC1CN(C(=O)c2cnc(N)cn2)CCS1. The van der Waals surface area contributed by atoms with Crippen molar-refractivity contribution in [2.75, 3.05) is 24.6 Å². The summed E-state index contributed by atoms with van der Waals surface area (Å²) >= 11 is 1.89. The Morgan fingerprint density at radius 1 is 1.56 bits per heavy atom. The number of aromatic nitrogens is 2. The van der Waals surface area contributed by atoms with Gasteiger partial charge in [-0.3, -0.25) is 4.79 Å². The molecule has 1 aliphatic rings. The van der Waals surface area contributed by atoms with E-state index in [1.165, 1.54) is 12.4 Å². The van der Waals surface area contributed by atoms with Gasteiger partial charge in [-0.2, -0.15) is 11.8 Å². The fourth-order valence-electron chi connectivity index (χ4n) is 1.61. The van der Waals surface area contributed by atoms with Crippen molar-refractivity contribution in [3.05, 3.63) is 18.1 Å². The average Bonchev–Trinajstić information content (AvgIpc) is 2.29. The van der Waals surface area contributed by atoms with E-state index in [9.17, 15) is 4.79 Å². The first-order valence-electron chi connectivity index (χ1n) is 5.15. The normalized spacial score (nSPS) is 20.8. The maximum atomic E-state index is 12.0. The molecule has 1 fully saturated rings. The average molecular weight is 238 g/mol. The Hall–Kier alpha value is -1.30. The highest BCUT2D eigenvalue weighted by atomic mass is 32.2. The van der Waals surface area contributed by atoms with Gasteiger partial charge in [-0.15, -0.1) is 0 Å². The van der Waals surface area contributed by atoms with Crippen LogP contribution in [0.3, 0.4) is 0 Å². The first kappa shape index (κ1) is 11.2. The van der Waals surface area contributed by atoms with Crippen molar-refractivity contribution in [3.8, 4) is 0 Å². The van der Waals surface area contributed by atoms with E-state index in [-0.39, 0.29) is 5.91 Å². The van der Waals surface area contributed by atoms with Gasteiger partial charge in [-0.05, 0) is 0 Å². The Labute approximate surface area is 98.4 Å². The number of nitrogen functional groups attached to an aromatic ring is 1. The van der Waals surface area contributed by atoms with Gasteiger partial charge in [0.25, 0.3) is 5.91 Å². The fourth-order valence-corrected chi connectivity index (χ4v) is 2.63. The summed E-state index contributed by atoms with van der Waals surface area (Å²) in [7, 11) is 0. The summed E-state index contributed by atoms with van der Waals surface area (Å²) in [6.07, 6.45) is 2.85. The molecule has 6 heteroatoms. The molecule has 0 bridgehead atoms. The number of nitrogens with zero attached hydrogens (tertiary/aromatic N) is 3. The van der Waals surface area contributed by atoms with E-state index in [4.69, 9.17) is 5.73 Å². The van der Waals surface area contributed by atoms with Crippen molar-refractivity contribution >= 4 is 23.5 Å². The summed E-state index contributed by atoms with van der Waals surface area (Å²) in [5, 5.41) is 0.486. The lowest BCUT2D eigenvalue weighted by Crippen LogP contribution is -2.41. The molecule has 1 amide bonds. The van der Waals surface area contributed by atoms with E-state index >= 15 is 0 Å². The number of hydrogen-bond donors (Lipinski definition) is 1. The van der Waals surface area contributed by atoms with Gasteiger partial charge in [0, 0.05) is 24.1 Å². The van der Waals surface area contributed by atoms with Crippen molar-refractivity contribution in [2.45, 2.75) is 12.2 Å². The van der Waals surface area contributed by atoms with Gasteiger partial charge in [0.05, 0.1) is 12.4 Å². The quantitative estimate of drug-likeness (QED) is 0.777. The van der Waals surface area contributed by atoms with Gasteiger partial charge >= 0.3 is 0 Å². The Bertz CT molecular complexity index is 381. The van der Waals surface area contributed by atoms with Gasteiger partial charge in [0.1, 0.15) is 11.5 Å². The van der Waals surface area contributed by atoms with Crippen molar-refractivity contribution in [3.63, 3.8) is 0 Å². The van der Waals surface area contributed by atoms with Crippen LogP contribution in [0.15, 0.2) is 12.4 Å². The Morgan fingerprint density at radius 2 is 2.38 bits per heavy atom. The monoisotopic (exact) mass is 238 g/mol. The number of hydrogen-bond acceptors (Lipinski definition) is 5. The number of carbonyl (C=O) groups is 1. The second-order valence-corrected chi connectivity index (χ2v) is 5.31. The maximum absolute atomic E-state index is 12.0. The number of anilines is 1. The summed E-state index contributed by atoms with van der Waals surface area (Å²) in [4.78, 5) is 21.7. The van der Waals surface area contributed by atoms with E-state index < -0.39 is 0 Å². The smallest absolute Gasteiger partial charge is 0.274 e. The molecule has 0 spiro atoms. The number of thioether (sulfide) groups is 1. The third kappa shape index (κ3) is 2.44. The summed E-state index contributed by atoms with van der Waals surface area (Å²) in [5.74, 6) is 1.26. The lowest BCUT2D eigenvalue weighted by Gasteiger charge is -2.30. The molecule has 2 heterocycles.